The maximum Gasteiger partial charge on any atom is 0.401 e. The van der Waals surface area contributed by atoms with Crippen molar-refractivity contribution in [2.24, 2.45) is 0 Å². The average Bonchev–Trinajstić information content (AvgIpc) is 1.98. The molecule has 0 radical (unpaired) electrons. The number of carbonyl (C=O) groups is 1. The molecule has 0 aromatic carbocycles. The number of hydrogen-bond acceptors (Lipinski definition) is 3. The highest BCUT2D eigenvalue weighted by Crippen LogP contribution is 2.11. The van der Waals surface area contributed by atoms with Gasteiger partial charge < -0.3 is 4.74 Å². The number of esters is 1. The predicted octanol–water partition coefficient (Wildman–Crippen LogP) is 1.09. The first-order chi connectivity index (χ1) is 5.95. The molecule has 0 saturated carbocycles. The van der Waals surface area contributed by atoms with Gasteiger partial charge in [-0.05, 0) is 6.42 Å². The van der Waals surface area contributed by atoms with Gasteiger partial charge in [0, 0.05) is 0 Å². The van der Waals surface area contributed by atoms with E-state index in [9.17, 15) is 18.0 Å². The minimum Gasteiger partial charge on any atom is -0.465 e. The smallest absolute Gasteiger partial charge is 0.401 e. The highest BCUT2D eigenvalue weighted by Gasteiger charge is 2.26. The first kappa shape index (κ1) is 12.2. The molecule has 0 atom stereocenters. The molecule has 0 fully saturated rings. The van der Waals surface area contributed by atoms with Crippen molar-refractivity contribution in [2.75, 3.05) is 19.7 Å². The van der Waals surface area contributed by atoms with E-state index >= 15 is 0 Å². The lowest BCUT2D eigenvalue weighted by atomic mass is 10.5. The van der Waals surface area contributed by atoms with Gasteiger partial charge in [-0.25, -0.2) is 0 Å². The molecule has 0 aromatic rings. The predicted molar refractivity (Wildman–Crippen MR) is 40.2 cm³/mol. The highest BCUT2D eigenvalue weighted by atomic mass is 19.4. The van der Waals surface area contributed by atoms with E-state index in [2.05, 4.69) is 4.74 Å². The van der Waals surface area contributed by atoms with Crippen LogP contribution in [0.1, 0.15) is 13.3 Å². The van der Waals surface area contributed by atoms with Crippen LogP contribution in [0, 0.1) is 0 Å². The van der Waals surface area contributed by atoms with Crippen molar-refractivity contribution in [2.45, 2.75) is 19.5 Å². The zero-order chi connectivity index (χ0) is 10.3. The van der Waals surface area contributed by atoms with Crippen LogP contribution in [-0.2, 0) is 9.53 Å². The minimum absolute atomic E-state index is 0.243. The first-order valence-corrected chi connectivity index (χ1v) is 3.89. The topological polar surface area (TPSA) is 38.3 Å². The fraction of sp³-hybridized carbons (Fsp3) is 0.857. The Morgan fingerprint density at radius 1 is 1.46 bits per heavy atom. The van der Waals surface area contributed by atoms with E-state index in [1.165, 1.54) is 0 Å². The molecule has 0 rings (SSSR count). The number of halogens is 3. The molecule has 0 saturated heterocycles. The quantitative estimate of drug-likeness (QED) is 0.673. The Hall–Kier alpha value is -0.780. The molecule has 78 valence electrons. The van der Waals surface area contributed by atoms with Gasteiger partial charge in [0.15, 0.2) is 0 Å². The molecule has 0 aliphatic rings. The molecule has 1 N–H and O–H groups in total. The van der Waals surface area contributed by atoms with E-state index in [0.717, 1.165) is 0 Å². The van der Waals surface area contributed by atoms with Crippen molar-refractivity contribution >= 4 is 5.97 Å². The summed E-state index contributed by atoms with van der Waals surface area (Å²) in [7, 11) is 0. The van der Waals surface area contributed by atoms with Crippen LogP contribution in [0.5, 0.6) is 0 Å². The standard InChI is InChI=1S/C7H12F3NO2/c1-2-3-13-6(12)4-11-5-7(8,9)10/h11H,2-5H2,1H3. The van der Waals surface area contributed by atoms with Gasteiger partial charge in [-0.1, -0.05) is 6.92 Å². The van der Waals surface area contributed by atoms with Crippen molar-refractivity contribution in [3.63, 3.8) is 0 Å². The Morgan fingerprint density at radius 3 is 2.54 bits per heavy atom. The fourth-order valence-corrected chi connectivity index (χ4v) is 0.573. The first-order valence-electron chi connectivity index (χ1n) is 3.89. The van der Waals surface area contributed by atoms with E-state index < -0.39 is 25.2 Å². The number of nitrogens with one attached hydrogen (secondary N) is 1. The van der Waals surface area contributed by atoms with Crippen LogP contribution in [0.15, 0.2) is 0 Å². The highest BCUT2D eigenvalue weighted by molar-refractivity contribution is 5.71. The summed E-state index contributed by atoms with van der Waals surface area (Å²) in [5, 5.41) is 1.93. The second-order valence-corrected chi connectivity index (χ2v) is 2.44. The summed E-state index contributed by atoms with van der Waals surface area (Å²) in [5.41, 5.74) is 0. The zero-order valence-corrected chi connectivity index (χ0v) is 7.28. The second kappa shape index (κ2) is 5.80. The van der Waals surface area contributed by atoms with Crippen molar-refractivity contribution in [3.05, 3.63) is 0 Å². The zero-order valence-electron chi connectivity index (χ0n) is 7.28. The van der Waals surface area contributed by atoms with Gasteiger partial charge in [0.05, 0.1) is 19.7 Å². The summed E-state index contributed by atoms with van der Waals surface area (Å²) in [4.78, 5) is 10.6. The van der Waals surface area contributed by atoms with E-state index in [1.807, 2.05) is 5.32 Å². The number of hydrogen-bond donors (Lipinski definition) is 1. The Bertz CT molecular complexity index is 158. The lowest BCUT2D eigenvalue weighted by Gasteiger charge is -2.07. The van der Waals surface area contributed by atoms with Gasteiger partial charge in [-0.3, -0.25) is 10.1 Å². The molecule has 0 aromatic heterocycles. The van der Waals surface area contributed by atoms with Gasteiger partial charge in [0.25, 0.3) is 0 Å². The van der Waals surface area contributed by atoms with Crippen molar-refractivity contribution in [1.29, 1.82) is 0 Å². The normalized spacial score (nSPS) is 11.4. The molecule has 0 bridgehead atoms. The SMILES string of the molecule is CCCOC(=O)CNCC(F)(F)F. The van der Waals surface area contributed by atoms with Crippen LogP contribution in [0.4, 0.5) is 13.2 Å². The summed E-state index contributed by atoms with van der Waals surface area (Å²) in [5.74, 6) is -0.661. The van der Waals surface area contributed by atoms with Gasteiger partial charge in [0.2, 0.25) is 0 Å². The minimum atomic E-state index is -4.29. The third-order valence-electron chi connectivity index (χ3n) is 1.06. The third-order valence-corrected chi connectivity index (χ3v) is 1.06. The van der Waals surface area contributed by atoms with Crippen LogP contribution in [0.25, 0.3) is 0 Å². The summed E-state index contributed by atoms with van der Waals surface area (Å²) < 4.78 is 39.2. The van der Waals surface area contributed by atoms with Crippen LogP contribution in [-0.4, -0.2) is 31.8 Å². The van der Waals surface area contributed by atoms with Crippen LogP contribution in [0.3, 0.4) is 0 Å². The Morgan fingerprint density at radius 2 is 2.08 bits per heavy atom. The lowest BCUT2D eigenvalue weighted by Crippen LogP contribution is -2.33. The Balaban J connectivity index is 3.37. The number of carbonyl (C=O) groups excluding carboxylic acids is 1. The van der Waals surface area contributed by atoms with E-state index in [4.69, 9.17) is 0 Å². The summed E-state index contributed by atoms with van der Waals surface area (Å²) in [6.45, 7) is 0.469. The molecule has 0 spiro atoms. The molecule has 0 amide bonds. The van der Waals surface area contributed by atoms with Gasteiger partial charge in [0.1, 0.15) is 0 Å². The van der Waals surface area contributed by atoms with Crippen LogP contribution in [0.2, 0.25) is 0 Å². The van der Waals surface area contributed by atoms with Crippen molar-refractivity contribution in [1.82, 2.24) is 5.32 Å². The monoisotopic (exact) mass is 199 g/mol. The molecule has 0 aliphatic heterocycles. The van der Waals surface area contributed by atoms with Gasteiger partial charge in [-0.15, -0.1) is 0 Å². The molecule has 0 heterocycles. The van der Waals surface area contributed by atoms with E-state index in [-0.39, 0.29) is 6.61 Å². The molecule has 0 aliphatic carbocycles. The second-order valence-electron chi connectivity index (χ2n) is 2.44. The van der Waals surface area contributed by atoms with Gasteiger partial charge in [-0.2, -0.15) is 13.2 Å². The van der Waals surface area contributed by atoms with E-state index in [0.29, 0.717) is 6.42 Å². The number of alkyl halides is 3. The molecule has 6 heteroatoms. The molecular formula is C7H12F3NO2. The number of rotatable bonds is 5. The Kier molecular flexibility index (Phi) is 5.45. The molecule has 0 unspecified atom stereocenters. The third kappa shape index (κ3) is 9.13. The molecule has 13 heavy (non-hydrogen) atoms. The fourth-order valence-electron chi connectivity index (χ4n) is 0.573. The van der Waals surface area contributed by atoms with Crippen molar-refractivity contribution in [3.8, 4) is 0 Å². The lowest BCUT2D eigenvalue weighted by molar-refractivity contribution is -0.144. The summed E-state index contributed by atoms with van der Waals surface area (Å²) in [6, 6.07) is 0. The molecular weight excluding hydrogens is 187 g/mol. The maximum absolute atomic E-state index is 11.5. The number of ether oxygens (including phenoxy) is 1. The summed E-state index contributed by atoms with van der Waals surface area (Å²) in [6.07, 6.45) is -3.63. The summed E-state index contributed by atoms with van der Waals surface area (Å²) >= 11 is 0. The molecule has 3 nitrogen and oxygen atoms in total. The van der Waals surface area contributed by atoms with Crippen molar-refractivity contribution < 1.29 is 22.7 Å². The van der Waals surface area contributed by atoms with E-state index in [1.54, 1.807) is 6.92 Å². The largest absolute Gasteiger partial charge is 0.465 e. The average molecular weight is 199 g/mol. The maximum atomic E-state index is 11.5. The van der Waals surface area contributed by atoms with Crippen LogP contribution < -0.4 is 5.32 Å². The van der Waals surface area contributed by atoms with Gasteiger partial charge >= 0.3 is 12.1 Å². The van der Waals surface area contributed by atoms with Crippen LogP contribution >= 0.6 is 0 Å². The Labute approximate surface area is 74.3 Å².